The zero-order valence-electron chi connectivity index (χ0n) is 8.71. The predicted molar refractivity (Wildman–Crippen MR) is 67.1 cm³/mol. The molecule has 1 N–H and O–H groups in total. The van der Waals surface area contributed by atoms with Gasteiger partial charge < -0.3 is 0 Å². The maximum Gasteiger partial charge on any atom is 0.264 e. The van der Waals surface area contributed by atoms with Gasteiger partial charge in [0.05, 0.1) is 0 Å². The highest BCUT2D eigenvalue weighted by atomic mass is 35.5. The molecule has 0 fully saturated rings. The van der Waals surface area contributed by atoms with E-state index >= 15 is 0 Å². The summed E-state index contributed by atoms with van der Waals surface area (Å²) in [4.78, 5) is 11.0. The first kappa shape index (κ1) is 13.0. The summed E-state index contributed by atoms with van der Waals surface area (Å²) in [6, 6.07) is 4.09. The van der Waals surface area contributed by atoms with Crippen LogP contribution in [-0.4, -0.2) is 23.4 Å². The van der Waals surface area contributed by atoms with E-state index in [0.717, 1.165) is 6.20 Å². The molecule has 94 valence electrons. The van der Waals surface area contributed by atoms with Gasteiger partial charge in [0.15, 0.2) is 0 Å². The van der Waals surface area contributed by atoms with E-state index in [1.54, 1.807) is 0 Å². The van der Waals surface area contributed by atoms with E-state index in [-0.39, 0.29) is 21.2 Å². The second-order valence-electron chi connectivity index (χ2n) is 3.13. The highest BCUT2D eigenvalue weighted by molar-refractivity contribution is 7.92. The van der Waals surface area contributed by atoms with E-state index < -0.39 is 10.0 Å². The third-order valence-electron chi connectivity index (χ3n) is 1.88. The molecule has 18 heavy (non-hydrogen) atoms. The van der Waals surface area contributed by atoms with Crippen molar-refractivity contribution in [2.24, 2.45) is 0 Å². The second-order valence-corrected chi connectivity index (χ2v) is 5.54. The molecule has 2 aromatic rings. The number of nitrogens with one attached hydrogen (secondary N) is 1. The minimum atomic E-state index is -3.77. The summed E-state index contributed by atoms with van der Waals surface area (Å²) in [7, 11) is -3.77. The van der Waals surface area contributed by atoms with Crippen LogP contribution in [0.3, 0.4) is 0 Å². The van der Waals surface area contributed by atoms with Gasteiger partial charge in [-0.05, 0) is 29.8 Å². The van der Waals surface area contributed by atoms with Crippen LogP contribution in [0.1, 0.15) is 0 Å². The lowest BCUT2D eigenvalue weighted by molar-refractivity contribution is 0.600. The van der Waals surface area contributed by atoms with Gasteiger partial charge in [0.25, 0.3) is 10.0 Å². The maximum absolute atomic E-state index is 11.9. The third-order valence-corrected chi connectivity index (χ3v) is 3.62. The molecule has 0 aliphatic heterocycles. The molecule has 9 heteroatoms. The Bertz CT molecular complexity index is 661. The lowest BCUT2D eigenvalue weighted by Gasteiger charge is -2.06. The molecule has 0 aliphatic carbocycles. The molecule has 0 bridgehead atoms. The summed E-state index contributed by atoms with van der Waals surface area (Å²) in [5, 5.41) is 0.156. The maximum atomic E-state index is 11.9. The van der Waals surface area contributed by atoms with Crippen LogP contribution in [0.4, 0.5) is 5.82 Å². The van der Waals surface area contributed by atoms with Crippen LogP contribution < -0.4 is 4.72 Å². The van der Waals surface area contributed by atoms with Crippen molar-refractivity contribution >= 4 is 39.0 Å². The zero-order valence-corrected chi connectivity index (χ0v) is 11.0. The van der Waals surface area contributed by atoms with E-state index in [1.165, 1.54) is 24.4 Å². The topological polar surface area (TPSA) is 84.8 Å². The number of rotatable bonds is 3. The van der Waals surface area contributed by atoms with Gasteiger partial charge in [-0.2, -0.15) is 4.98 Å². The molecule has 6 nitrogen and oxygen atoms in total. The minimum Gasteiger partial charge on any atom is -0.263 e. The Morgan fingerprint density at radius 3 is 2.50 bits per heavy atom. The number of nitrogens with zero attached hydrogens (tertiary/aromatic N) is 3. The fourth-order valence-electron chi connectivity index (χ4n) is 1.11. The van der Waals surface area contributed by atoms with E-state index in [4.69, 9.17) is 23.2 Å². The zero-order chi connectivity index (χ0) is 13.2. The molecule has 2 rings (SSSR count). The van der Waals surface area contributed by atoms with E-state index in [1.807, 2.05) is 0 Å². The fourth-order valence-corrected chi connectivity index (χ4v) is 2.31. The summed E-state index contributed by atoms with van der Waals surface area (Å²) in [6.07, 6.45) is 2.49. The van der Waals surface area contributed by atoms with Gasteiger partial charge in [-0.25, -0.2) is 18.4 Å². The smallest absolute Gasteiger partial charge is 0.263 e. The summed E-state index contributed by atoms with van der Waals surface area (Å²) >= 11 is 11.1. The minimum absolute atomic E-state index is 0.0263. The van der Waals surface area contributed by atoms with Gasteiger partial charge in [0, 0.05) is 12.4 Å². The summed E-state index contributed by atoms with van der Waals surface area (Å²) in [5.41, 5.74) is 0. The van der Waals surface area contributed by atoms with Crippen molar-refractivity contribution in [2.75, 3.05) is 4.72 Å². The van der Waals surface area contributed by atoms with Crippen molar-refractivity contribution in [2.45, 2.75) is 4.90 Å². The highest BCUT2D eigenvalue weighted by Crippen LogP contribution is 2.15. The average Bonchev–Trinajstić information content (AvgIpc) is 2.29. The Morgan fingerprint density at radius 1 is 1.11 bits per heavy atom. The first-order chi connectivity index (χ1) is 8.47. The SMILES string of the molecule is O=S(=O)(Nc1ccnc(Cl)n1)c1ccc(Cl)nc1. The molecule has 2 aromatic heterocycles. The number of aromatic nitrogens is 3. The number of hydrogen-bond acceptors (Lipinski definition) is 5. The number of halogens is 2. The molecule has 2 heterocycles. The third kappa shape index (κ3) is 3.06. The Labute approximate surface area is 113 Å². The predicted octanol–water partition coefficient (Wildman–Crippen LogP) is 1.98. The summed E-state index contributed by atoms with van der Waals surface area (Å²) in [5.74, 6) is 0.0740. The quantitative estimate of drug-likeness (QED) is 0.692. The van der Waals surface area contributed by atoms with Crippen LogP contribution in [0, 0.1) is 0 Å². The van der Waals surface area contributed by atoms with Gasteiger partial charge in [-0.1, -0.05) is 11.6 Å². The average molecular weight is 305 g/mol. The van der Waals surface area contributed by atoms with Gasteiger partial charge in [0.2, 0.25) is 5.28 Å². The van der Waals surface area contributed by atoms with Gasteiger partial charge in [-0.3, -0.25) is 4.72 Å². The number of sulfonamides is 1. The monoisotopic (exact) mass is 304 g/mol. The van der Waals surface area contributed by atoms with Crippen LogP contribution in [0.25, 0.3) is 0 Å². The van der Waals surface area contributed by atoms with Crippen molar-refractivity contribution < 1.29 is 8.42 Å². The van der Waals surface area contributed by atoms with Crippen LogP contribution >= 0.6 is 23.2 Å². The van der Waals surface area contributed by atoms with Crippen molar-refractivity contribution in [1.82, 2.24) is 15.0 Å². The Hall–Kier alpha value is -1.44. The molecule has 0 radical (unpaired) electrons. The molecule has 0 saturated carbocycles. The normalized spacial score (nSPS) is 11.2. The van der Waals surface area contributed by atoms with Crippen molar-refractivity contribution in [3.8, 4) is 0 Å². The molecule has 0 atom stereocenters. The Balaban J connectivity index is 2.30. The lowest BCUT2D eigenvalue weighted by atomic mass is 10.5. The lowest BCUT2D eigenvalue weighted by Crippen LogP contribution is -2.14. The van der Waals surface area contributed by atoms with Gasteiger partial charge in [0.1, 0.15) is 15.9 Å². The van der Waals surface area contributed by atoms with Crippen LogP contribution in [0.5, 0.6) is 0 Å². The van der Waals surface area contributed by atoms with Crippen molar-refractivity contribution in [3.63, 3.8) is 0 Å². The first-order valence-corrected chi connectivity index (χ1v) is 6.84. The Morgan fingerprint density at radius 2 is 1.89 bits per heavy atom. The van der Waals surface area contributed by atoms with Crippen LogP contribution in [-0.2, 0) is 10.0 Å². The van der Waals surface area contributed by atoms with Gasteiger partial charge in [-0.15, -0.1) is 0 Å². The fraction of sp³-hybridized carbons (Fsp3) is 0. The molecule has 0 amide bonds. The number of hydrogen-bond donors (Lipinski definition) is 1. The largest absolute Gasteiger partial charge is 0.264 e. The molecule has 0 aliphatic rings. The summed E-state index contributed by atoms with van der Waals surface area (Å²) in [6.45, 7) is 0. The van der Waals surface area contributed by atoms with E-state index in [2.05, 4.69) is 19.7 Å². The van der Waals surface area contributed by atoms with Crippen LogP contribution in [0.2, 0.25) is 10.4 Å². The highest BCUT2D eigenvalue weighted by Gasteiger charge is 2.15. The summed E-state index contributed by atoms with van der Waals surface area (Å²) < 4.78 is 26.1. The standard InChI is InChI=1S/C9H6Cl2N4O2S/c10-7-2-1-6(5-13-7)18(16,17)15-8-3-4-12-9(11)14-8/h1-5H,(H,12,14,15). The van der Waals surface area contributed by atoms with E-state index in [9.17, 15) is 8.42 Å². The van der Waals surface area contributed by atoms with E-state index in [0.29, 0.717) is 0 Å². The first-order valence-electron chi connectivity index (χ1n) is 4.60. The molecule has 0 unspecified atom stereocenters. The number of anilines is 1. The van der Waals surface area contributed by atoms with Crippen molar-refractivity contribution in [3.05, 3.63) is 41.0 Å². The molecule has 0 spiro atoms. The Kier molecular flexibility index (Phi) is 3.65. The second kappa shape index (κ2) is 5.05. The molecule has 0 aromatic carbocycles. The molecule has 0 saturated heterocycles. The number of pyridine rings is 1. The van der Waals surface area contributed by atoms with Gasteiger partial charge >= 0.3 is 0 Å². The molecular formula is C9H6Cl2N4O2S. The van der Waals surface area contributed by atoms with Crippen LogP contribution in [0.15, 0.2) is 35.5 Å². The molecular weight excluding hydrogens is 299 g/mol. The van der Waals surface area contributed by atoms with Crippen molar-refractivity contribution in [1.29, 1.82) is 0 Å².